The second-order valence-corrected chi connectivity index (χ2v) is 5.60. The first-order chi connectivity index (χ1) is 9.56. The van der Waals surface area contributed by atoms with Crippen molar-refractivity contribution >= 4 is 39.0 Å². The summed E-state index contributed by atoms with van der Waals surface area (Å²) in [6.07, 6.45) is 3.11. The van der Waals surface area contributed by atoms with Crippen LogP contribution in [0.4, 0.5) is 5.69 Å². The van der Waals surface area contributed by atoms with E-state index in [0.717, 1.165) is 15.7 Å². The molecule has 0 spiro atoms. The van der Waals surface area contributed by atoms with Gasteiger partial charge >= 0.3 is 0 Å². The highest BCUT2D eigenvalue weighted by molar-refractivity contribution is 9.10. The molecule has 0 aliphatic carbocycles. The molecule has 0 fully saturated rings. The van der Waals surface area contributed by atoms with Crippen LogP contribution in [-0.4, -0.2) is 5.78 Å². The van der Waals surface area contributed by atoms with Crippen molar-refractivity contribution in [2.75, 3.05) is 5.32 Å². The number of rotatable bonds is 4. The maximum absolute atomic E-state index is 11.9. The van der Waals surface area contributed by atoms with E-state index in [0.29, 0.717) is 10.6 Å². The van der Waals surface area contributed by atoms with Gasteiger partial charge in [0.25, 0.3) is 0 Å². The monoisotopic (exact) mass is 349 g/mol. The molecule has 20 heavy (non-hydrogen) atoms. The third-order valence-electron chi connectivity index (χ3n) is 2.74. The minimum absolute atomic E-state index is 0.0410. The standard InChI is InChI=1S/C16H13BrClNO/c1-11-2-4-12(5-3-11)16(20)8-9-19-13-6-7-14(17)15(18)10-13/h2-10,19H,1H3. The number of carbonyl (C=O) groups is 1. The topological polar surface area (TPSA) is 29.1 Å². The molecule has 2 rings (SSSR count). The Bertz CT molecular complexity index is 650. The molecule has 0 bridgehead atoms. The van der Waals surface area contributed by atoms with Crippen molar-refractivity contribution in [3.05, 3.63) is 75.4 Å². The zero-order valence-corrected chi connectivity index (χ0v) is 13.2. The van der Waals surface area contributed by atoms with Crippen LogP contribution in [0.3, 0.4) is 0 Å². The molecule has 4 heteroatoms. The zero-order valence-electron chi connectivity index (χ0n) is 10.9. The smallest absolute Gasteiger partial charge is 0.187 e. The number of nitrogens with one attached hydrogen (secondary N) is 1. The summed E-state index contributed by atoms with van der Waals surface area (Å²) < 4.78 is 0.837. The van der Waals surface area contributed by atoms with Crippen LogP contribution in [0.15, 0.2) is 59.2 Å². The second kappa shape index (κ2) is 6.73. The number of allylic oxidation sites excluding steroid dienone is 1. The largest absolute Gasteiger partial charge is 0.362 e. The van der Waals surface area contributed by atoms with Crippen molar-refractivity contribution in [2.24, 2.45) is 0 Å². The Morgan fingerprint density at radius 1 is 1.20 bits per heavy atom. The molecule has 0 amide bonds. The average molecular weight is 351 g/mol. The summed E-state index contributed by atoms with van der Waals surface area (Å²) in [7, 11) is 0. The number of halogens is 2. The van der Waals surface area contributed by atoms with E-state index in [4.69, 9.17) is 11.6 Å². The van der Waals surface area contributed by atoms with Gasteiger partial charge in [0, 0.05) is 28.0 Å². The predicted octanol–water partition coefficient (Wildman–Crippen LogP) is 5.22. The van der Waals surface area contributed by atoms with Crippen molar-refractivity contribution in [1.29, 1.82) is 0 Å². The van der Waals surface area contributed by atoms with Gasteiger partial charge in [0.15, 0.2) is 5.78 Å². The van der Waals surface area contributed by atoms with Gasteiger partial charge < -0.3 is 5.32 Å². The van der Waals surface area contributed by atoms with Crippen LogP contribution in [0.25, 0.3) is 0 Å². The van der Waals surface area contributed by atoms with Gasteiger partial charge in [0.05, 0.1) is 5.02 Å². The Labute approximate surface area is 131 Å². The molecular formula is C16H13BrClNO. The first-order valence-corrected chi connectivity index (χ1v) is 7.22. The fourth-order valence-electron chi connectivity index (χ4n) is 1.61. The molecular weight excluding hydrogens is 338 g/mol. The molecule has 0 saturated carbocycles. The van der Waals surface area contributed by atoms with Gasteiger partial charge in [-0.1, -0.05) is 41.4 Å². The first kappa shape index (κ1) is 14.8. The maximum atomic E-state index is 11.9. The molecule has 2 nitrogen and oxygen atoms in total. The summed E-state index contributed by atoms with van der Waals surface area (Å²) >= 11 is 9.31. The summed E-state index contributed by atoms with van der Waals surface area (Å²) in [6.45, 7) is 1.99. The summed E-state index contributed by atoms with van der Waals surface area (Å²) in [6, 6.07) is 13.0. The van der Waals surface area contributed by atoms with Gasteiger partial charge in [-0.05, 0) is 41.1 Å². The number of carbonyl (C=O) groups excluding carboxylic acids is 1. The lowest BCUT2D eigenvalue weighted by molar-refractivity contribution is 0.104. The van der Waals surface area contributed by atoms with Crippen LogP contribution in [-0.2, 0) is 0 Å². The third kappa shape index (κ3) is 3.95. The molecule has 0 heterocycles. The predicted molar refractivity (Wildman–Crippen MR) is 87.4 cm³/mol. The zero-order chi connectivity index (χ0) is 14.5. The van der Waals surface area contributed by atoms with Crippen LogP contribution >= 0.6 is 27.5 Å². The number of anilines is 1. The van der Waals surface area contributed by atoms with E-state index in [2.05, 4.69) is 21.2 Å². The van der Waals surface area contributed by atoms with Gasteiger partial charge in [-0.15, -0.1) is 0 Å². The van der Waals surface area contributed by atoms with Crippen molar-refractivity contribution in [2.45, 2.75) is 6.92 Å². The Kier molecular flexibility index (Phi) is 4.99. The van der Waals surface area contributed by atoms with Gasteiger partial charge in [-0.2, -0.15) is 0 Å². The Morgan fingerprint density at radius 2 is 1.90 bits per heavy atom. The van der Waals surface area contributed by atoms with E-state index in [1.807, 2.05) is 43.3 Å². The normalized spacial score (nSPS) is 10.8. The van der Waals surface area contributed by atoms with Crippen molar-refractivity contribution in [3.8, 4) is 0 Å². The second-order valence-electron chi connectivity index (χ2n) is 4.34. The Hall–Kier alpha value is -1.58. The SMILES string of the molecule is Cc1ccc(C(=O)C=CNc2ccc(Br)c(Cl)c2)cc1. The van der Waals surface area contributed by atoms with E-state index in [9.17, 15) is 4.79 Å². The minimum Gasteiger partial charge on any atom is -0.362 e. The molecule has 0 saturated heterocycles. The van der Waals surface area contributed by atoms with Crippen LogP contribution in [0.2, 0.25) is 5.02 Å². The molecule has 2 aromatic rings. The fraction of sp³-hybridized carbons (Fsp3) is 0.0625. The quantitative estimate of drug-likeness (QED) is 0.605. The first-order valence-electron chi connectivity index (χ1n) is 6.05. The van der Waals surface area contributed by atoms with Crippen LogP contribution in [0, 0.1) is 6.92 Å². The number of ketones is 1. The van der Waals surface area contributed by atoms with Crippen molar-refractivity contribution in [1.82, 2.24) is 0 Å². The molecule has 0 aliphatic rings. The van der Waals surface area contributed by atoms with Crippen molar-refractivity contribution in [3.63, 3.8) is 0 Å². The van der Waals surface area contributed by atoms with E-state index >= 15 is 0 Å². The van der Waals surface area contributed by atoms with Gasteiger partial charge in [-0.3, -0.25) is 4.79 Å². The molecule has 0 aliphatic heterocycles. The van der Waals surface area contributed by atoms with Crippen LogP contribution < -0.4 is 5.32 Å². The minimum atomic E-state index is -0.0410. The van der Waals surface area contributed by atoms with E-state index < -0.39 is 0 Å². The summed E-state index contributed by atoms with van der Waals surface area (Å²) in [5, 5.41) is 3.64. The molecule has 0 unspecified atom stereocenters. The van der Waals surface area contributed by atoms with Crippen molar-refractivity contribution < 1.29 is 4.79 Å². The van der Waals surface area contributed by atoms with Gasteiger partial charge in [-0.25, -0.2) is 0 Å². The number of hydrogen-bond donors (Lipinski definition) is 1. The Morgan fingerprint density at radius 3 is 2.55 bits per heavy atom. The Balaban J connectivity index is 2.00. The number of aryl methyl sites for hydroxylation is 1. The highest BCUT2D eigenvalue weighted by atomic mass is 79.9. The van der Waals surface area contributed by atoms with Crippen LogP contribution in [0.1, 0.15) is 15.9 Å². The highest BCUT2D eigenvalue weighted by Crippen LogP contribution is 2.25. The third-order valence-corrected chi connectivity index (χ3v) is 3.97. The number of hydrogen-bond acceptors (Lipinski definition) is 2. The highest BCUT2D eigenvalue weighted by Gasteiger charge is 2.01. The molecule has 2 aromatic carbocycles. The van der Waals surface area contributed by atoms with E-state index in [-0.39, 0.29) is 5.78 Å². The van der Waals surface area contributed by atoms with Gasteiger partial charge in [0.1, 0.15) is 0 Å². The summed E-state index contributed by atoms with van der Waals surface area (Å²) in [5.74, 6) is -0.0410. The lowest BCUT2D eigenvalue weighted by Crippen LogP contribution is -1.96. The molecule has 0 atom stereocenters. The number of benzene rings is 2. The molecule has 0 radical (unpaired) electrons. The lowest BCUT2D eigenvalue weighted by Gasteiger charge is -2.02. The maximum Gasteiger partial charge on any atom is 0.187 e. The summed E-state index contributed by atoms with van der Waals surface area (Å²) in [4.78, 5) is 11.9. The van der Waals surface area contributed by atoms with E-state index in [1.54, 1.807) is 12.3 Å². The van der Waals surface area contributed by atoms with E-state index in [1.165, 1.54) is 6.08 Å². The molecule has 102 valence electrons. The average Bonchev–Trinajstić information content (AvgIpc) is 2.43. The fourth-order valence-corrected chi connectivity index (χ4v) is 2.04. The molecule has 1 N–H and O–H groups in total. The van der Waals surface area contributed by atoms with Crippen LogP contribution in [0.5, 0.6) is 0 Å². The lowest BCUT2D eigenvalue weighted by atomic mass is 10.1. The summed E-state index contributed by atoms with van der Waals surface area (Å²) in [5.41, 5.74) is 2.63. The molecule has 0 aromatic heterocycles. The van der Waals surface area contributed by atoms with Gasteiger partial charge in [0.2, 0.25) is 0 Å².